The van der Waals surface area contributed by atoms with Gasteiger partial charge in [0.2, 0.25) is 0 Å². The van der Waals surface area contributed by atoms with Gasteiger partial charge in [0.15, 0.2) is 0 Å². The lowest BCUT2D eigenvalue weighted by Gasteiger charge is -2.52. The van der Waals surface area contributed by atoms with E-state index in [1.54, 1.807) is 11.1 Å². The number of nitrogens with zero attached hydrogens (tertiary/aromatic N) is 1. The van der Waals surface area contributed by atoms with Gasteiger partial charge in [-0.1, -0.05) is 76.4 Å². The van der Waals surface area contributed by atoms with Crippen molar-refractivity contribution in [1.82, 2.24) is 4.90 Å². The number of aryl methyl sites for hydroxylation is 3. The zero-order chi connectivity index (χ0) is 24.7. The molecule has 3 aliphatic rings. The molecule has 0 radical (unpaired) electrons. The monoisotopic (exact) mass is 467 g/mol. The van der Waals surface area contributed by atoms with E-state index in [0.717, 1.165) is 42.6 Å². The van der Waals surface area contributed by atoms with E-state index in [0.29, 0.717) is 24.6 Å². The van der Waals surface area contributed by atoms with Crippen molar-refractivity contribution in [2.45, 2.75) is 84.2 Å². The van der Waals surface area contributed by atoms with Crippen LogP contribution in [0.25, 0.3) is 0 Å². The molecule has 0 bridgehead atoms. The van der Waals surface area contributed by atoms with Crippen molar-refractivity contribution in [1.29, 1.82) is 0 Å². The highest BCUT2D eigenvalue weighted by Crippen LogP contribution is 2.58. The Morgan fingerprint density at radius 3 is 2.51 bits per heavy atom. The summed E-state index contributed by atoms with van der Waals surface area (Å²) in [6.45, 7) is 18.6. The van der Waals surface area contributed by atoms with Crippen LogP contribution in [0.3, 0.4) is 0 Å². The summed E-state index contributed by atoms with van der Waals surface area (Å²) >= 11 is 0. The van der Waals surface area contributed by atoms with E-state index < -0.39 is 0 Å². The van der Waals surface area contributed by atoms with E-state index in [-0.39, 0.29) is 5.41 Å². The second kappa shape index (κ2) is 9.37. The van der Waals surface area contributed by atoms with Crippen LogP contribution in [0.4, 0.5) is 0 Å². The van der Waals surface area contributed by atoms with Crippen molar-refractivity contribution in [2.75, 3.05) is 6.61 Å². The minimum absolute atomic E-state index is 0.265. The zero-order valence-electron chi connectivity index (χ0n) is 22.1. The predicted molar refractivity (Wildman–Crippen MR) is 146 cm³/mol. The van der Waals surface area contributed by atoms with Gasteiger partial charge in [0.05, 0.1) is 12.6 Å². The Labute approximate surface area is 212 Å². The molecule has 0 amide bonds. The second-order valence-corrected chi connectivity index (χ2v) is 11.3. The number of benzene rings is 2. The normalized spacial score (nSPS) is 24.3. The van der Waals surface area contributed by atoms with Gasteiger partial charge in [0.1, 0.15) is 5.76 Å². The first-order valence-corrected chi connectivity index (χ1v) is 13.5. The smallest absolute Gasteiger partial charge is 0.121 e. The highest BCUT2D eigenvalue weighted by molar-refractivity contribution is 5.51. The first kappa shape index (κ1) is 24.0. The lowest BCUT2D eigenvalue weighted by atomic mass is 9.71. The molecule has 0 N–H and O–H groups in total. The molecule has 3 atom stereocenters. The second-order valence-electron chi connectivity index (χ2n) is 11.3. The van der Waals surface area contributed by atoms with E-state index in [2.05, 4.69) is 87.5 Å². The fourth-order valence-electron chi connectivity index (χ4n) is 6.98. The first-order chi connectivity index (χ1) is 16.8. The summed E-state index contributed by atoms with van der Waals surface area (Å²) < 4.78 is 5.83. The molecule has 2 aromatic rings. The summed E-state index contributed by atoms with van der Waals surface area (Å²) in [5.74, 6) is 1.33. The van der Waals surface area contributed by atoms with Gasteiger partial charge in [-0.05, 0) is 84.3 Å². The van der Waals surface area contributed by atoms with Crippen LogP contribution in [-0.2, 0) is 24.0 Å². The van der Waals surface area contributed by atoms with Gasteiger partial charge in [-0.2, -0.15) is 0 Å². The quantitative estimate of drug-likeness (QED) is 0.382. The van der Waals surface area contributed by atoms with Crippen LogP contribution in [0, 0.1) is 5.41 Å². The van der Waals surface area contributed by atoms with Crippen molar-refractivity contribution in [2.24, 2.45) is 5.41 Å². The summed E-state index contributed by atoms with van der Waals surface area (Å²) in [6, 6.07) is 16.9. The molecule has 3 unspecified atom stereocenters. The third kappa shape index (κ3) is 4.26. The van der Waals surface area contributed by atoms with Gasteiger partial charge in [0.25, 0.3) is 0 Å². The van der Waals surface area contributed by atoms with Gasteiger partial charge >= 0.3 is 0 Å². The lowest BCUT2D eigenvalue weighted by molar-refractivity contribution is 0.0879. The molecule has 0 spiro atoms. The number of allylic oxidation sites excluding steroid dienone is 1. The molecule has 2 nitrogen and oxygen atoms in total. The van der Waals surface area contributed by atoms with Crippen molar-refractivity contribution in [3.63, 3.8) is 0 Å². The highest BCUT2D eigenvalue weighted by atomic mass is 16.5. The molecule has 2 aromatic carbocycles. The molecular formula is C33H41NO. The van der Waals surface area contributed by atoms with Crippen LogP contribution < -0.4 is 0 Å². The fraction of sp³-hybridized carbons (Fsp3) is 0.455. The van der Waals surface area contributed by atoms with Crippen LogP contribution in [0.15, 0.2) is 78.7 Å². The number of hydrogen-bond donors (Lipinski definition) is 0. The maximum atomic E-state index is 5.83. The van der Waals surface area contributed by atoms with Crippen molar-refractivity contribution >= 4 is 0 Å². The Kier molecular flexibility index (Phi) is 6.42. The largest absolute Gasteiger partial charge is 0.494 e. The van der Waals surface area contributed by atoms with Crippen LogP contribution >= 0.6 is 0 Å². The van der Waals surface area contributed by atoms with E-state index in [4.69, 9.17) is 4.74 Å². The molecule has 1 fully saturated rings. The zero-order valence-corrected chi connectivity index (χ0v) is 22.1. The molecule has 1 saturated carbocycles. The lowest BCUT2D eigenvalue weighted by Crippen LogP contribution is -2.49. The molecule has 2 aliphatic heterocycles. The summed E-state index contributed by atoms with van der Waals surface area (Å²) in [5, 5.41) is 0. The molecular weight excluding hydrogens is 426 g/mol. The molecule has 2 heterocycles. The van der Waals surface area contributed by atoms with E-state index in [1.807, 2.05) is 6.92 Å². The minimum atomic E-state index is 0.265. The maximum Gasteiger partial charge on any atom is 0.121 e. The Hall–Kier alpha value is -2.74. The third-order valence-corrected chi connectivity index (χ3v) is 8.75. The van der Waals surface area contributed by atoms with Crippen LogP contribution in [0.2, 0.25) is 0 Å². The van der Waals surface area contributed by atoms with Gasteiger partial charge < -0.3 is 9.64 Å². The van der Waals surface area contributed by atoms with Crippen LogP contribution in [-0.4, -0.2) is 17.5 Å². The van der Waals surface area contributed by atoms with Gasteiger partial charge in [-0.3, -0.25) is 0 Å². The Morgan fingerprint density at radius 1 is 1.06 bits per heavy atom. The predicted octanol–water partition coefficient (Wildman–Crippen LogP) is 8.06. The van der Waals surface area contributed by atoms with Crippen LogP contribution in [0.5, 0.6) is 0 Å². The fourth-order valence-corrected chi connectivity index (χ4v) is 6.98. The average molecular weight is 468 g/mol. The van der Waals surface area contributed by atoms with E-state index in [1.165, 1.54) is 29.5 Å². The van der Waals surface area contributed by atoms with Crippen molar-refractivity contribution < 1.29 is 4.74 Å². The Balaban J connectivity index is 1.57. The number of hydrogen-bond acceptors (Lipinski definition) is 2. The van der Waals surface area contributed by atoms with E-state index >= 15 is 0 Å². The molecule has 2 heteroatoms. The molecule has 5 rings (SSSR count). The topological polar surface area (TPSA) is 12.5 Å². The summed E-state index contributed by atoms with van der Waals surface area (Å²) in [6.07, 6.45) is 9.09. The molecule has 0 aromatic heterocycles. The number of fused-ring (bicyclic) bond motifs is 6. The van der Waals surface area contributed by atoms with Crippen molar-refractivity contribution in [3.8, 4) is 0 Å². The van der Waals surface area contributed by atoms with Gasteiger partial charge in [-0.15, -0.1) is 0 Å². The molecule has 35 heavy (non-hydrogen) atoms. The number of ether oxygens (including phenoxy) is 1. The number of rotatable bonds is 7. The van der Waals surface area contributed by atoms with Gasteiger partial charge in [0, 0.05) is 23.7 Å². The Bertz CT molecular complexity index is 1160. The maximum absolute atomic E-state index is 5.83. The van der Waals surface area contributed by atoms with Crippen LogP contribution in [0.1, 0.15) is 86.7 Å². The molecule has 184 valence electrons. The average Bonchev–Trinajstić information content (AvgIpc) is 3.18. The standard InChI is InChI=1S/C33H41NO/c1-7-25-19-29-28(20-26(25)15-14-24-12-10-9-11-13-24)27-16-17-33(5,6)32(27)34-21-30(23(4)35-8-2)22(3)18-31(29)34/h9-13,19-21,27,31-32H,3-4,7-8,14-18H2,1-2,5-6H3. The highest BCUT2D eigenvalue weighted by Gasteiger charge is 2.52. The molecule has 1 aliphatic carbocycles. The summed E-state index contributed by atoms with van der Waals surface area (Å²) in [5.41, 5.74) is 10.1. The SMILES string of the molecule is C=C1CC2c3cc(CC)c(CCc4ccccc4)cc3C3CCC(C)(C)C3N2C=C1C(=C)OCC. The summed E-state index contributed by atoms with van der Waals surface area (Å²) in [4.78, 5) is 2.68. The van der Waals surface area contributed by atoms with Crippen molar-refractivity contribution in [3.05, 3.63) is 107 Å². The van der Waals surface area contributed by atoms with E-state index in [9.17, 15) is 0 Å². The minimum Gasteiger partial charge on any atom is -0.494 e. The summed E-state index contributed by atoms with van der Waals surface area (Å²) in [7, 11) is 0. The first-order valence-electron chi connectivity index (χ1n) is 13.5. The Morgan fingerprint density at radius 2 is 1.80 bits per heavy atom. The van der Waals surface area contributed by atoms with Gasteiger partial charge in [-0.25, -0.2) is 0 Å². The third-order valence-electron chi connectivity index (χ3n) is 8.75. The molecule has 0 saturated heterocycles.